The van der Waals surface area contributed by atoms with Gasteiger partial charge in [0.2, 0.25) is 11.6 Å². The topological polar surface area (TPSA) is 34.1 Å². The molecule has 0 aromatic heterocycles. The van der Waals surface area contributed by atoms with E-state index >= 15 is 0 Å². The highest BCUT2D eigenvalue weighted by Crippen LogP contribution is 2.28. The van der Waals surface area contributed by atoms with Crippen molar-refractivity contribution >= 4 is 34.8 Å². The Morgan fingerprint density at radius 3 is 1.33 bits per heavy atom. The summed E-state index contributed by atoms with van der Waals surface area (Å²) in [5.41, 5.74) is 0.439. The summed E-state index contributed by atoms with van der Waals surface area (Å²) in [6.45, 7) is 2.97. The van der Waals surface area contributed by atoms with E-state index in [4.69, 9.17) is 23.2 Å². The van der Waals surface area contributed by atoms with Crippen LogP contribution < -0.4 is 0 Å². The molecular weight excluding hydrogens is 199 g/mol. The number of allylic oxidation sites excluding steroid dienone is 4. The van der Waals surface area contributed by atoms with Crippen LogP contribution in [0.2, 0.25) is 0 Å². The predicted octanol–water partition coefficient (Wildman–Crippen LogP) is 2.16. The van der Waals surface area contributed by atoms with Gasteiger partial charge in [0, 0.05) is 11.1 Å². The van der Waals surface area contributed by atoms with Crippen LogP contribution in [0.3, 0.4) is 0 Å². The summed E-state index contributed by atoms with van der Waals surface area (Å²) in [6, 6.07) is 0. The molecule has 0 N–H and O–H groups in total. The Balaban J connectivity index is 3.32. The number of rotatable bonds is 0. The molecule has 12 heavy (non-hydrogen) atoms. The second kappa shape index (κ2) is 3.04. The molecule has 0 heterocycles. The van der Waals surface area contributed by atoms with Crippen molar-refractivity contribution in [2.45, 2.75) is 13.8 Å². The predicted molar refractivity (Wildman–Crippen MR) is 47.1 cm³/mol. The fraction of sp³-hybridized carbons (Fsp3) is 0.250. The molecule has 0 atom stereocenters. The van der Waals surface area contributed by atoms with Gasteiger partial charge in [0.15, 0.2) is 0 Å². The molecule has 1 aliphatic rings. The van der Waals surface area contributed by atoms with E-state index < -0.39 is 0 Å². The third kappa shape index (κ3) is 1.21. The second-order valence-electron chi connectivity index (χ2n) is 2.54. The zero-order valence-corrected chi connectivity index (χ0v) is 8.08. The summed E-state index contributed by atoms with van der Waals surface area (Å²) in [4.78, 5) is 22.4. The molecule has 0 spiro atoms. The zero-order valence-electron chi connectivity index (χ0n) is 6.57. The largest absolute Gasteiger partial charge is 0.288 e. The maximum absolute atomic E-state index is 11.2. The van der Waals surface area contributed by atoms with Crippen molar-refractivity contribution in [2.24, 2.45) is 0 Å². The molecule has 1 rings (SSSR count). The minimum atomic E-state index is -0.362. The molecule has 0 fully saturated rings. The molecule has 64 valence electrons. The van der Waals surface area contributed by atoms with Crippen LogP contribution >= 0.6 is 23.2 Å². The Labute approximate surface area is 79.8 Å². The van der Waals surface area contributed by atoms with Crippen LogP contribution in [0, 0.1) is 0 Å². The standard InChI is InChI=1S/C8H6Cl2O2/c1-3-5(9)8(12)4(2)6(10)7(3)11/h1-2H3. The number of hydrogen-bond donors (Lipinski definition) is 0. The fourth-order valence-electron chi connectivity index (χ4n) is 0.869. The Hall–Kier alpha value is -0.600. The summed E-state index contributed by atoms with van der Waals surface area (Å²) in [5, 5.41) is -0.0520. The van der Waals surface area contributed by atoms with Crippen LogP contribution in [0.15, 0.2) is 21.2 Å². The molecule has 0 aromatic rings. The lowest BCUT2D eigenvalue weighted by molar-refractivity contribution is -0.115. The van der Waals surface area contributed by atoms with Crippen LogP contribution in [-0.2, 0) is 9.59 Å². The molecule has 0 aromatic carbocycles. The Morgan fingerprint density at radius 1 is 0.833 bits per heavy atom. The van der Waals surface area contributed by atoms with Crippen molar-refractivity contribution in [3.05, 3.63) is 21.2 Å². The Morgan fingerprint density at radius 2 is 1.08 bits per heavy atom. The molecule has 0 bridgehead atoms. The first-order chi connectivity index (χ1) is 5.46. The maximum Gasteiger partial charge on any atom is 0.202 e. The molecule has 2 nitrogen and oxygen atoms in total. The average molecular weight is 205 g/mol. The average Bonchev–Trinajstić information content (AvgIpc) is 2.08. The van der Waals surface area contributed by atoms with Crippen LogP contribution in [0.1, 0.15) is 13.8 Å². The first-order valence-electron chi connectivity index (χ1n) is 3.29. The van der Waals surface area contributed by atoms with Crippen LogP contribution in [-0.4, -0.2) is 11.6 Å². The lowest BCUT2D eigenvalue weighted by atomic mass is 9.99. The van der Waals surface area contributed by atoms with Crippen molar-refractivity contribution in [2.75, 3.05) is 0 Å². The van der Waals surface area contributed by atoms with Crippen LogP contribution in [0.4, 0.5) is 0 Å². The van der Waals surface area contributed by atoms with Gasteiger partial charge in [-0.05, 0) is 13.8 Å². The number of carbonyl (C=O) groups excluding carboxylic acids is 2. The van der Waals surface area contributed by atoms with Gasteiger partial charge in [-0.25, -0.2) is 0 Å². The lowest BCUT2D eigenvalue weighted by Gasteiger charge is -2.11. The Kier molecular flexibility index (Phi) is 2.40. The molecule has 0 aliphatic heterocycles. The van der Waals surface area contributed by atoms with Gasteiger partial charge in [0.1, 0.15) is 0 Å². The summed E-state index contributed by atoms with van der Waals surface area (Å²) in [6.07, 6.45) is 0. The van der Waals surface area contributed by atoms with Crippen molar-refractivity contribution in [3.8, 4) is 0 Å². The summed E-state index contributed by atoms with van der Waals surface area (Å²) in [7, 11) is 0. The van der Waals surface area contributed by atoms with E-state index in [1.165, 1.54) is 13.8 Å². The smallest absolute Gasteiger partial charge is 0.202 e. The van der Waals surface area contributed by atoms with Crippen molar-refractivity contribution in [1.82, 2.24) is 0 Å². The molecule has 4 heteroatoms. The monoisotopic (exact) mass is 204 g/mol. The van der Waals surface area contributed by atoms with Crippen molar-refractivity contribution < 1.29 is 9.59 Å². The van der Waals surface area contributed by atoms with Gasteiger partial charge in [-0.15, -0.1) is 0 Å². The molecule has 0 radical (unpaired) electrons. The summed E-state index contributed by atoms with van der Waals surface area (Å²) < 4.78 is 0. The van der Waals surface area contributed by atoms with E-state index in [0.717, 1.165) is 0 Å². The molecule has 1 aliphatic carbocycles. The van der Waals surface area contributed by atoms with Crippen LogP contribution in [0.25, 0.3) is 0 Å². The first kappa shape index (κ1) is 9.49. The molecule has 0 unspecified atom stereocenters. The van der Waals surface area contributed by atoms with E-state index in [0.29, 0.717) is 0 Å². The minimum Gasteiger partial charge on any atom is -0.288 e. The fourth-order valence-corrected chi connectivity index (χ4v) is 1.32. The molecular formula is C8H6Cl2O2. The Bertz CT molecular complexity index is 275. The van der Waals surface area contributed by atoms with Gasteiger partial charge in [-0.3, -0.25) is 9.59 Å². The summed E-state index contributed by atoms with van der Waals surface area (Å²) >= 11 is 11.2. The van der Waals surface area contributed by atoms with Crippen molar-refractivity contribution in [1.29, 1.82) is 0 Å². The molecule has 0 amide bonds. The van der Waals surface area contributed by atoms with Gasteiger partial charge in [-0.1, -0.05) is 23.2 Å². The normalized spacial score (nSPS) is 19.3. The number of carbonyl (C=O) groups is 2. The summed E-state index contributed by atoms with van der Waals surface area (Å²) in [5.74, 6) is -0.725. The van der Waals surface area contributed by atoms with Crippen LogP contribution in [0.5, 0.6) is 0 Å². The minimum absolute atomic E-state index is 0.0260. The second-order valence-corrected chi connectivity index (χ2v) is 3.29. The van der Waals surface area contributed by atoms with Gasteiger partial charge in [-0.2, -0.15) is 0 Å². The van der Waals surface area contributed by atoms with E-state index in [2.05, 4.69) is 0 Å². The number of hydrogen-bond acceptors (Lipinski definition) is 2. The number of Topliss-reactive ketones (excluding diaryl/α,β-unsaturated/α-hetero) is 2. The van der Waals surface area contributed by atoms with E-state index in [1.54, 1.807) is 0 Å². The highest BCUT2D eigenvalue weighted by molar-refractivity contribution is 6.55. The lowest BCUT2D eigenvalue weighted by Crippen LogP contribution is -2.16. The maximum atomic E-state index is 11.2. The van der Waals surface area contributed by atoms with Crippen molar-refractivity contribution in [3.63, 3.8) is 0 Å². The highest BCUT2D eigenvalue weighted by Gasteiger charge is 2.27. The highest BCUT2D eigenvalue weighted by atomic mass is 35.5. The van der Waals surface area contributed by atoms with Gasteiger partial charge in [0.25, 0.3) is 0 Å². The van der Waals surface area contributed by atoms with Gasteiger partial charge < -0.3 is 0 Å². The number of ketones is 2. The number of halogens is 2. The SMILES string of the molecule is CC1=C(Cl)C(=O)C(C)=C(Cl)C1=O. The van der Waals surface area contributed by atoms with Gasteiger partial charge in [0.05, 0.1) is 10.1 Å². The van der Waals surface area contributed by atoms with E-state index in [1.807, 2.05) is 0 Å². The van der Waals surface area contributed by atoms with E-state index in [9.17, 15) is 9.59 Å². The third-order valence-electron chi connectivity index (χ3n) is 1.74. The molecule has 0 saturated heterocycles. The third-order valence-corrected chi connectivity index (χ3v) is 2.65. The zero-order chi connectivity index (χ0) is 9.46. The molecule has 0 saturated carbocycles. The quantitative estimate of drug-likeness (QED) is 0.568. The van der Waals surface area contributed by atoms with Gasteiger partial charge >= 0.3 is 0 Å². The first-order valence-corrected chi connectivity index (χ1v) is 4.04. The van der Waals surface area contributed by atoms with E-state index in [-0.39, 0.29) is 32.8 Å².